The van der Waals surface area contributed by atoms with E-state index in [9.17, 15) is 18.0 Å². The lowest BCUT2D eigenvalue weighted by atomic mass is 10.1. The number of ether oxygens (including phenoxy) is 1. The molecule has 0 spiro atoms. The van der Waals surface area contributed by atoms with Crippen LogP contribution in [0.1, 0.15) is 16.8 Å². The Bertz CT molecular complexity index is 700. The molecule has 0 unspecified atom stereocenters. The largest absolute Gasteiger partial charge is 0.573 e. The Morgan fingerprint density at radius 1 is 1.21 bits per heavy atom. The Labute approximate surface area is 137 Å². The highest BCUT2D eigenvalue weighted by Crippen LogP contribution is 2.23. The molecule has 1 amide bonds. The molecule has 0 radical (unpaired) electrons. The van der Waals surface area contributed by atoms with Crippen molar-refractivity contribution in [2.75, 3.05) is 7.05 Å². The van der Waals surface area contributed by atoms with Gasteiger partial charge in [-0.2, -0.15) is 0 Å². The molecule has 0 atom stereocenters. The van der Waals surface area contributed by atoms with E-state index in [0.29, 0.717) is 5.56 Å². The number of alkyl halides is 3. The maximum Gasteiger partial charge on any atom is 0.573 e. The summed E-state index contributed by atoms with van der Waals surface area (Å²) in [4.78, 5) is 17.8. The van der Waals surface area contributed by atoms with Crippen molar-refractivity contribution in [3.8, 4) is 5.75 Å². The smallest absolute Gasteiger partial charge is 0.406 e. The summed E-state index contributed by atoms with van der Waals surface area (Å²) < 4.78 is 40.6. The number of nitrogens with zero attached hydrogens (tertiary/aromatic N) is 2. The predicted molar refractivity (Wildman–Crippen MR) is 82.3 cm³/mol. The van der Waals surface area contributed by atoms with Crippen molar-refractivity contribution in [2.45, 2.75) is 26.3 Å². The van der Waals surface area contributed by atoms with Crippen LogP contribution in [-0.4, -0.2) is 29.2 Å². The molecule has 2 aromatic rings. The third kappa shape index (κ3) is 5.57. The molecule has 24 heavy (non-hydrogen) atoms. The fourth-order valence-corrected chi connectivity index (χ4v) is 2.12. The van der Waals surface area contributed by atoms with Gasteiger partial charge < -0.3 is 9.64 Å². The van der Waals surface area contributed by atoms with E-state index < -0.39 is 6.36 Å². The number of rotatable bonds is 5. The summed E-state index contributed by atoms with van der Waals surface area (Å²) in [6.07, 6.45) is -2.92. The molecule has 1 heterocycles. The average molecular weight is 338 g/mol. The van der Waals surface area contributed by atoms with Gasteiger partial charge in [0.15, 0.2) is 0 Å². The lowest BCUT2D eigenvalue weighted by Crippen LogP contribution is -2.27. The van der Waals surface area contributed by atoms with Crippen molar-refractivity contribution in [1.82, 2.24) is 9.88 Å². The monoisotopic (exact) mass is 338 g/mol. The topological polar surface area (TPSA) is 42.4 Å². The fraction of sp³-hybridized carbons (Fsp3) is 0.294. The molecule has 4 nitrogen and oxygen atoms in total. The first-order chi connectivity index (χ1) is 11.2. The van der Waals surface area contributed by atoms with Crippen LogP contribution in [0.2, 0.25) is 0 Å². The summed E-state index contributed by atoms with van der Waals surface area (Å²) in [6, 6.07) is 9.23. The third-order valence-corrected chi connectivity index (χ3v) is 3.31. The first kappa shape index (κ1) is 17.8. The Morgan fingerprint density at radius 3 is 2.58 bits per heavy atom. The third-order valence-electron chi connectivity index (χ3n) is 3.31. The van der Waals surface area contributed by atoms with Gasteiger partial charge in [-0.25, -0.2) is 0 Å². The van der Waals surface area contributed by atoms with Crippen molar-refractivity contribution in [3.05, 3.63) is 59.4 Å². The van der Waals surface area contributed by atoms with Gasteiger partial charge in [-0.1, -0.05) is 18.2 Å². The molecule has 2 rings (SSSR count). The van der Waals surface area contributed by atoms with E-state index in [1.165, 1.54) is 23.1 Å². The molecule has 0 bridgehead atoms. The second kappa shape index (κ2) is 7.33. The predicted octanol–water partition coefficient (Wildman–Crippen LogP) is 3.49. The molecule has 0 fully saturated rings. The van der Waals surface area contributed by atoms with Crippen LogP contribution in [0.3, 0.4) is 0 Å². The minimum Gasteiger partial charge on any atom is -0.406 e. The van der Waals surface area contributed by atoms with Crippen molar-refractivity contribution in [1.29, 1.82) is 0 Å². The first-order valence-corrected chi connectivity index (χ1v) is 7.23. The number of amides is 1. The molecule has 128 valence electrons. The maximum atomic E-state index is 12.2. The highest BCUT2D eigenvalue weighted by molar-refractivity contribution is 5.78. The minimum absolute atomic E-state index is 0.150. The SMILES string of the molecule is Cc1ccc(CC(=O)N(C)Cc2cccc(OC(F)(F)F)c2)cn1. The fourth-order valence-electron chi connectivity index (χ4n) is 2.12. The van der Waals surface area contributed by atoms with Gasteiger partial charge in [-0.15, -0.1) is 13.2 Å². The average Bonchev–Trinajstić information content (AvgIpc) is 2.48. The van der Waals surface area contributed by atoms with Gasteiger partial charge >= 0.3 is 6.36 Å². The summed E-state index contributed by atoms with van der Waals surface area (Å²) in [7, 11) is 1.60. The normalized spacial score (nSPS) is 11.2. The zero-order valence-electron chi connectivity index (χ0n) is 13.3. The van der Waals surface area contributed by atoms with Gasteiger partial charge in [-0.05, 0) is 36.2 Å². The maximum absolute atomic E-state index is 12.2. The highest BCUT2D eigenvalue weighted by atomic mass is 19.4. The number of likely N-dealkylation sites (N-methyl/N-ethyl adjacent to an activating group) is 1. The number of benzene rings is 1. The quantitative estimate of drug-likeness (QED) is 0.838. The van der Waals surface area contributed by atoms with Gasteiger partial charge in [0.25, 0.3) is 0 Å². The summed E-state index contributed by atoms with van der Waals surface area (Å²) in [6.45, 7) is 2.04. The molecular weight excluding hydrogens is 321 g/mol. The van der Waals surface area contributed by atoms with Gasteiger partial charge in [0.2, 0.25) is 5.91 Å². The summed E-state index contributed by atoms with van der Waals surface area (Å²) in [5.41, 5.74) is 2.20. The standard InChI is InChI=1S/C17H17F3N2O2/c1-12-6-7-13(10-21-12)9-16(23)22(2)11-14-4-3-5-15(8-14)24-17(18,19)20/h3-8,10H,9,11H2,1-2H3. The summed E-state index contributed by atoms with van der Waals surface area (Å²) in [5, 5.41) is 0. The second-order valence-corrected chi connectivity index (χ2v) is 5.43. The number of pyridine rings is 1. The van der Waals surface area contributed by atoms with Crippen LogP contribution in [-0.2, 0) is 17.8 Å². The molecule has 0 aliphatic rings. The van der Waals surface area contributed by atoms with Gasteiger partial charge in [-0.3, -0.25) is 9.78 Å². The molecule has 0 aliphatic heterocycles. The van der Waals surface area contributed by atoms with Gasteiger partial charge in [0.1, 0.15) is 5.75 Å². The van der Waals surface area contributed by atoms with Crippen LogP contribution >= 0.6 is 0 Å². The van der Waals surface area contributed by atoms with Gasteiger partial charge in [0, 0.05) is 25.5 Å². The van der Waals surface area contributed by atoms with E-state index in [4.69, 9.17) is 0 Å². The van der Waals surface area contributed by atoms with Crippen LogP contribution in [0.25, 0.3) is 0 Å². The van der Waals surface area contributed by atoms with Crippen molar-refractivity contribution < 1.29 is 22.7 Å². The van der Waals surface area contributed by atoms with E-state index in [-0.39, 0.29) is 24.6 Å². The van der Waals surface area contributed by atoms with Crippen LogP contribution in [0, 0.1) is 6.92 Å². The molecule has 0 saturated carbocycles. The van der Waals surface area contributed by atoms with E-state index in [1.54, 1.807) is 19.3 Å². The number of aromatic nitrogens is 1. The Hall–Kier alpha value is -2.57. The van der Waals surface area contributed by atoms with E-state index in [2.05, 4.69) is 9.72 Å². The van der Waals surface area contributed by atoms with Crippen LogP contribution in [0.5, 0.6) is 5.75 Å². The number of hydrogen-bond acceptors (Lipinski definition) is 3. The van der Waals surface area contributed by atoms with Crippen molar-refractivity contribution in [3.63, 3.8) is 0 Å². The van der Waals surface area contributed by atoms with E-state index in [0.717, 1.165) is 11.3 Å². The van der Waals surface area contributed by atoms with Crippen LogP contribution in [0.15, 0.2) is 42.6 Å². The van der Waals surface area contributed by atoms with Crippen LogP contribution in [0.4, 0.5) is 13.2 Å². The highest BCUT2D eigenvalue weighted by Gasteiger charge is 2.31. The lowest BCUT2D eigenvalue weighted by molar-refractivity contribution is -0.274. The Kier molecular flexibility index (Phi) is 5.43. The molecule has 1 aromatic heterocycles. The zero-order valence-corrected chi connectivity index (χ0v) is 13.3. The number of aryl methyl sites for hydroxylation is 1. The molecule has 7 heteroatoms. The minimum atomic E-state index is -4.74. The molecule has 0 N–H and O–H groups in total. The Morgan fingerprint density at radius 2 is 1.96 bits per heavy atom. The second-order valence-electron chi connectivity index (χ2n) is 5.43. The molecular formula is C17H17F3N2O2. The molecule has 0 aliphatic carbocycles. The van der Waals surface area contributed by atoms with Crippen molar-refractivity contribution in [2.24, 2.45) is 0 Å². The van der Waals surface area contributed by atoms with Crippen LogP contribution < -0.4 is 4.74 Å². The van der Waals surface area contributed by atoms with E-state index in [1.807, 2.05) is 19.1 Å². The van der Waals surface area contributed by atoms with Crippen molar-refractivity contribution >= 4 is 5.91 Å². The lowest BCUT2D eigenvalue weighted by Gasteiger charge is -2.18. The number of carbonyl (C=O) groups excluding carboxylic acids is 1. The summed E-state index contributed by atoms with van der Waals surface area (Å²) >= 11 is 0. The zero-order chi connectivity index (χ0) is 17.7. The number of hydrogen-bond donors (Lipinski definition) is 0. The number of halogens is 3. The molecule has 1 aromatic carbocycles. The summed E-state index contributed by atoms with van der Waals surface area (Å²) in [5.74, 6) is -0.452. The first-order valence-electron chi connectivity index (χ1n) is 7.23. The number of carbonyl (C=O) groups is 1. The van der Waals surface area contributed by atoms with Gasteiger partial charge in [0.05, 0.1) is 6.42 Å². The van der Waals surface area contributed by atoms with E-state index >= 15 is 0 Å². The molecule has 0 saturated heterocycles. The Balaban J connectivity index is 1.98.